The van der Waals surface area contributed by atoms with Crippen LogP contribution in [0.25, 0.3) is 0 Å². The average molecular weight is 339 g/mol. The number of carbonyl (C=O) groups excluding carboxylic acids is 3. The Kier molecular flexibility index (Phi) is 5.70. The summed E-state index contributed by atoms with van der Waals surface area (Å²) in [6.07, 6.45) is -0.254. The fourth-order valence-electron chi connectivity index (χ4n) is 2.58. The van der Waals surface area contributed by atoms with Crippen molar-refractivity contribution in [2.75, 3.05) is 5.32 Å². The molecule has 130 valence electrons. The number of benzene rings is 2. The SMILES string of the molecule is Cc1cc(C)c(NC(=O)[C@H](C)OC(=O)c2ccc(C=O)cc2)c(C)c1. The normalized spacial score (nSPS) is 11.5. The van der Waals surface area contributed by atoms with Gasteiger partial charge in [-0.2, -0.15) is 0 Å². The van der Waals surface area contributed by atoms with E-state index in [0.717, 1.165) is 22.4 Å². The lowest BCUT2D eigenvalue weighted by molar-refractivity contribution is -0.123. The highest BCUT2D eigenvalue weighted by atomic mass is 16.5. The van der Waals surface area contributed by atoms with E-state index in [1.807, 2.05) is 32.9 Å². The molecule has 0 aliphatic heterocycles. The van der Waals surface area contributed by atoms with Gasteiger partial charge >= 0.3 is 5.97 Å². The van der Waals surface area contributed by atoms with Gasteiger partial charge in [0.2, 0.25) is 0 Å². The van der Waals surface area contributed by atoms with E-state index >= 15 is 0 Å². The summed E-state index contributed by atoms with van der Waals surface area (Å²) < 4.78 is 5.21. The lowest BCUT2D eigenvalue weighted by Gasteiger charge is -2.17. The van der Waals surface area contributed by atoms with E-state index < -0.39 is 18.0 Å². The van der Waals surface area contributed by atoms with Gasteiger partial charge in [-0.05, 0) is 51.0 Å². The highest BCUT2D eigenvalue weighted by molar-refractivity contribution is 5.98. The third-order valence-electron chi connectivity index (χ3n) is 3.86. The highest BCUT2D eigenvalue weighted by Gasteiger charge is 2.20. The smallest absolute Gasteiger partial charge is 0.338 e. The molecule has 0 bridgehead atoms. The Morgan fingerprint density at radius 1 is 1.04 bits per heavy atom. The van der Waals surface area contributed by atoms with E-state index in [4.69, 9.17) is 4.74 Å². The maximum atomic E-state index is 12.3. The zero-order valence-electron chi connectivity index (χ0n) is 14.8. The number of ether oxygens (including phenoxy) is 1. The van der Waals surface area contributed by atoms with Crippen LogP contribution >= 0.6 is 0 Å². The molecule has 5 heteroatoms. The summed E-state index contributed by atoms with van der Waals surface area (Å²) in [6.45, 7) is 7.35. The monoisotopic (exact) mass is 339 g/mol. The van der Waals surface area contributed by atoms with Crippen LogP contribution in [0.2, 0.25) is 0 Å². The first-order valence-corrected chi connectivity index (χ1v) is 7.96. The number of aryl methyl sites for hydroxylation is 3. The van der Waals surface area contributed by atoms with Crippen LogP contribution in [0.15, 0.2) is 36.4 Å². The maximum Gasteiger partial charge on any atom is 0.338 e. The molecule has 0 spiro atoms. The zero-order chi connectivity index (χ0) is 18.6. The highest BCUT2D eigenvalue weighted by Crippen LogP contribution is 2.22. The molecule has 0 fully saturated rings. The van der Waals surface area contributed by atoms with Crippen molar-refractivity contribution in [2.24, 2.45) is 0 Å². The van der Waals surface area contributed by atoms with Crippen LogP contribution in [-0.2, 0) is 9.53 Å². The third-order valence-corrected chi connectivity index (χ3v) is 3.86. The molecule has 1 amide bonds. The molecule has 0 saturated carbocycles. The Bertz CT molecular complexity index is 786. The second-order valence-corrected chi connectivity index (χ2v) is 6.05. The van der Waals surface area contributed by atoms with Crippen LogP contribution in [0.3, 0.4) is 0 Å². The fraction of sp³-hybridized carbons (Fsp3) is 0.250. The quantitative estimate of drug-likeness (QED) is 0.667. The Hall–Kier alpha value is -2.95. The van der Waals surface area contributed by atoms with Gasteiger partial charge in [0.1, 0.15) is 6.29 Å². The molecule has 5 nitrogen and oxygen atoms in total. The lowest BCUT2D eigenvalue weighted by atomic mass is 10.0. The van der Waals surface area contributed by atoms with Crippen LogP contribution in [0.4, 0.5) is 5.69 Å². The van der Waals surface area contributed by atoms with Gasteiger partial charge in [0.25, 0.3) is 5.91 Å². The van der Waals surface area contributed by atoms with Crippen LogP contribution < -0.4 is 5.32 Å². The molecule has 0 heterocycles. The number of anilines is 1. The third kappa shape index (κ3) is 4.53. The molecule has 0 unspecified atom stereocenters. The fourth-order valence-corrected chi connectivity index (χ4v) is 2.58. The number of esters is 1. The van der Waals surface area contributed by atoms with Gasteiger partial charge in [0.05, 0.1) is 5.56 Å². The Labute approximate surface area is 147 Å². The summed E-state index contributed by atoms with van der Waals surface area (Å²) in [5.41, 5.74) is 4.50. The molecule has 0 aromatic heterocycles. The maximum absolute atomic E-state index is 12.3. The summed E-state index contributed by atoms with van der Waals surface area (Å²) >= 11 is 0. The predicted octanol–water partition coefficient (Wildman–Crippen LogP) is 3.61. The Morgan fingerprint density at radius 3 is 2.12 bits per heavy atom. The van der Waals surface area contributed by atoms with Gasteiger partial charge in [0, 0.05) is 11.3 Å². The topological polar surface area (TPSA) is 72.5 Å². The summed E-state index contributed by atoms with van der Waals surface area (Å²) in [7, 11) is 0. The molecule has 0 aliphatic carbocycles. The van der Waals surface area contributed by atoms with Crippen LogP contribution in [0.5, 0.6) is 0 Å². The minimum absolute atomic E-state index is 0.285. The Balaban J connectivity index is 2.04. The van der Waals surface area contributed by atoms with Crippen molar-refractivity contribution < 1.29 is 19.1 Å². The number of carbonyl (C=O) groups is 3. The molecule has 0 saturated heterocycles. The van der Waals surface area contributed by atoms with Gasteiger partial charge in [-0.25, -0.2) is 4.79 Å². The standard InChI is InChI=1S/C20H21NO4/c1-12-9-13(2)18(14(3)10-12)21-19(23)15(4)25-20(24)17-7-5-16(11-22)6-8-17/h5-11,15H,1-4H3,(H,21,23)/t15-/m0/s1. The van der Waals surface area contributed by atoms with Crippen molar-refractivity contribution in [3.63, 3.8) is 0 Å². The molecule has 2 rings (SSSR count). The van der Waals surface area contributed by atoms with Crippen LogP contribution in [-0.4, -0.2) is 24.3 Å². The van der Waals surface area contributed by atoms with E-state index in [1.54, 1.807) is 0 Å². The van der Waals surface area contributed by atoms with Crippen molar-refractivity contribution in [3.8, 4) is 0 Å². The van der Waals surface area contributed by atoms with E-state index in [1.165, 1.54) is 31.2 Å². The summed E-state index contributed by atoms with van der Waals surface area (Å²) in [5.74, 6) is -1.01. The first-order chi connectivity index (χ1) is 11.8. The van der Waals surface area contributed by atoms with Gasteiger partial charge in [-0.3, -0.25) is 9.59 Å². The zero-order valence-corrected chi connectivity index (χ0v) is 14.8. The number of amides is 1. The minimum atomic E-state index is -0.946. The van der Waals surface area contributed by atoms with Gasteiger partial charge in [-0.1, -0.05) is 29.8 Å². The summed E-state index contributed by atoms with van der Waals surface area (Å²) in [6, 6.07) is 9.98. The first kappa shape index (κ1) is 18.4. The second kappa shape index (κ2) is 7.75. The van der Waals surface area contributed by atoms with Gasteiger partial charge in [-0.15, -0.1) is 0 Å². The molecule has 25 heavy (non-hydrogen) atoms. The Morgan fingerprint density at radius 2 is 1.60 bits per heavy atom. The molecule has 1 N–H and O–H groups in total. The molecule has 0 radical (unpaired) electrons. The number of aldehydes is 1. The van der Waals surface area contributed by atoms with Crippen molar-refractivity contribution in [1.29, 1.82) is 0 Å². The molecule has 1 atom stereocenters. The minimum Gasteiger partial charge on any atom is -0.449 e. The van der Waals surface area contributed by atoms with Crippen molar-refractivity contribution in [1.82, 2.24) is 0 Å². The molecule has 2 aromatic rings. The van der Waals surface area contributed by atoms with Gasteiger partial charge < -0.3 is 10.1 Å². The lowest BCUT2D eigenvalue weighted by Crippen LogP contribution is -2.30. The van der Waals surface area contributed by atoms with E-state index in [9.17, 15) is 14.4 Å². The number of hydrogen-bond acceptors (Lipinski definition) is 4. The van der Waals surface area contributed by atoms with Crippen molar-refractivity contribution >= 4 is 23.9 Å². The average Bonchev–Trinajstić information content (AvgIpc) is 2.57. The molecule has 0 aliphatic rings. The number of rotatable bonds is 5. The van der Waals surface area contributed by atoms with E-state index in [0.29, 0.717) is 11.8 Å². The van der Waals surface area contributed by atoms with E-state index in [2.05, 4.69) is 5.32 Å². The second-order valence-electron chi connectivity index (χ2n) is 6.05. The largest absolute Gasteiger partial charge is 0.449 e. The van der Waals surface area contributed by atoms with Crippen molar-refractivity contribution in [3.05, 3.63) is 64.2 Å². The van der Waals surface area contributed by atoms with Crippen LogP contribution in [0, 0.1) is 20.8 Å². The van der Waals surface area contributed by atoms with Gasteiger partial charge in [0.15, 0.2) is 6.10 Å². The van der Waals surface area contributed by atoms with Crippen molar-refractivity contribution in [2.45, 2.75) is 33.8 Å². The summed E-state index contributed by atoms with van der Waals surface area (Å²) in [5, 5.41) is 2.82. The molecule has 2 aromatic carbocycles. The molecular formula is C20H21NO4. The number of nitrogens with one attached hydrogen (secondary N) is 1. The first-order valence-electron chi connectivity index (χ1n) is 7.96. The predicted molar refractivity (Wildman–Crippen MR) is 96.0 cm³/mol. The summed E-state index contributed by atoms with van der Waals surface area (Å²) in [4.78, 5) is 35.1. The van der Waals surface area contributed by atoms with Crippen LogP contribution in [0.1, 0.15) is 44.3 Å². The number of hydrogen-bond donors (Lipinski definition) is 1. The molecular weight excluding hydrogens is 318 g/mol. The van der Waals surface area contributed by atoms with E-state index in [-0.39, 0.29) is 5.56 Å².